The summed E-state index contributed by atoms with van der Waals surface area (Å²) < 4.78 is 17.0. The molecule has 0 amide bonds. The highest BCUT2D eigenvalue weighted by Crippen LogP contribution is 2.17. The molecule has 1 atom stereocenters. The second-order valence-electron chi connectivity index (χ2n) is 5.99. The van der Waals surface area contributed by atoms with Gasteiger partial charge in [0.25, 0.3) is 0 Å². The summed E-state index contributed by atoms with van der Waals surface area (Å²) in [5.41, 5.74) is 1.19. The Morgan fingerprint density at radius 3 is 3.00 bits per heavy atom. The summed E-state index contributed by atoms with van der Waals surface area (Å²) in [4.78, 5) is 0. The highest BCUT2D eigenvalue weighted by atomic mass is 16.5. The summed E-state index contributed by atoms with van der Waals surface area (Å²) in [6.07, 6.45) is 2.54. The first-order chi connectivity index (χ1) is 9.65. The molecule has 1 aliphatic heterocycles. The molecule has 0 radical (unpaired) electrons. The highest BCUT2D eigenvalue weighted by molar-refractivity contribution is 5.19. The summed E-state index contributed by atoms with van der Waals surface area (Å²) >= 11 is 0. The van der Waals surface area contributed by atoms with E-state index in [-0.39, 0.29) is 6.10 Å². The molecule has 0 aromatic carbocycles. The van der Waals surface area contributed by atoms with Crippen molar-refractivity contribution in [1.82, 2.24) is 5.32 Å². The van der Waals surface area contributed by atoms with Gasteiger partial charge in [0, 0.05) is 6.61 Å². The van der Waals surface area contributed by atoms with Gasteiger partial charge in [-0.25, -0.2) is 0 Å². The van der Waals surface area contributed by atoms with Crippen molar-refractivity contribution in [2.75, 3.05) is 19.8 Å². The number of nitrogens with one attached hydrogen (secondary N) is 1. The zero-order chi connectivity index (χ0) is 14.4. The van der Waals surface area contributed by atoms with E-state index in [1.165, 1.54) is 5.56 Å². The van der Waals surface area contributed by atoms with Crippen LogP contribution in [0.5, 0.6) is 0 Å². The van der Waals surface area contributed by atoms with Gasteiger partial charge in [0.1, 0.15) is 18.1 Å². The van der Waals surface area contributed by atoms with Crippen LogP contribution in [0.15, 0.2) is 10.5 Å². The molecule has 1 aromatic rings. The number of hydrogen-bond acceptors (Lipinski definition) is 4. The van der Waals surface area contributed by atoms with Crippen LogP contribution in [0.4, 0.5) is 0 Å². The Bertz CT molecular complexity index is 394. The Kier molecular flexibility index (Phi) is 6.07. The largest absolute Gasteiger partial charge is 0.462 e. The van der Waals surface area contributed by atoms with Gasteiger partial charge in [0.15, 0.2) is 0 Å². The Morgan fingerprint density at radius 1 is 1.45 bits per heavy atom. The third-order valence-corrected chi connectivity index (χ3v) is 3.48. The minimum absolute atomic E-state index is 0.276. The fraction of sp³-hybridized carbons (Fsp3) is 0.750. The predicted molar refractivity (Wildman–Crippen MR) is 78.6 cm³/mol. The van der Waals surface area contributed by atoms with Gasteiger partial charge in [0.05, 0.1) is 19.3 Å². The summed E-state index contributed by atoms with van der Waals surface area (Å²) in [5.74, 6) is 2.57. The Balaban J connectivity index is 1.71. The molecule has 0 bridgehead atoms. The van der Waals surface area contributed by atoms with Crippen LogP contribution in [-0.2, 0) is 22.6 Å². The van der Waals surface area contributed by atoms with Crippen LogP contribution in [0.3, 0.4) is 0 Å². The summed E-state index contributed by atoms with van der Waals surface area (Å²) in [6.45, 7) is 10.4. The fourth-order valence-corrected chi connectivity index (χ4v) is 2.38. The number of rotatable bonds is 8. The summed E-state index contributed by atoms with van der Waals surface area (Å²) in [6, 6.07) is 2.07. The van der Waals surface area contributed by atoms with Crippen molar-refractivity contribution < 1.29 is 13.9 Å². The Labute approximate surface area is 121 Å². The van der Waals surface area contributed by atoms with E-state index in [9.17, 15) is 0 Å². The zero-order valence-electron chi connectivity index (χ0n) is 12.9. The molecule has 1 aliphatic rings. The predicted octanol–water partition coefficient (Wildman–Crippen LogP) is 3.03. The van der Waals surface area contributed by atoms with Crippen molar-refractivity contribution in [3.05, 3.63) is 23.2 Å². The maximum absolute atomic E-state index is 5.83. The van der Waals surface area contributed by atoms with Crippen molar-refractivity contribution in [2.24, 2.45) is 5.92 Å². The highest BCUT2D eigenvalue weighted by Gasteiger charge is 2.16. The lowest BCUT2D eigenvalue weighted by Gasteiger charge is -2.08. The lowest BCUT2D eigenvalue weighted by atomic mass is 10.2. The van der Waals surface area contributed by atoms with Gasteiger partial charge in [0.2, 0.25) is 0 Å². The SMILES string of the molecule is Cc1cc(COCC2CCCO2)oc1CNCC(C)C. The third kappa shape index (κ3) is 4.93. The summed E-state index contributed by atoms with van der Waals surface area (Å²) in [5, 5.41) is 3.40. The maximum Gasteiger partial charge on any atom is 0.130 e. The average Bonchev–Trinajstić information content (AvgIpc) is 3.00. The van der Waals surface area contributed by atoms with Gasteiger partial charge in [-0.3, -0.25) is 0 Å². The van der Waals surface area contributed by atoms with Gasteiger partial charge < -0.3 is 19.2 Å². The standard InChI is InChI=1S/C16H27NO3/c1-12(2)8-17-9-16-13(3)7-15(20-16)11-18-10-14-5-4-6-19-14/h7,12,14,17H,4-6,8-11H2,1-3H3. The minimum Gasteiger partial charge on any atom is -0.462 e. The smallest absolute Gasteiger partial charge is 0.130 e. The molecule has 0 aliphatic carbocycles. The van der Waals surface area contributed by atoms with Crippen LogP contribution < -0.4 is 5.32 Å². The van der Waals surface area contributed by atoms with Crippen LogP contribution in [0.1, 0.15) is 43.8 Å². The summed E-state index contributed by atoms with van der Waals surface area (Å²) in [7, 11) is 0. The molecule has 20 heavy (non-hydrogen) atoms. The molecule has 1 unspecified atom stereocenters. The Morgan fingerprint density at radius 2 is 2.30 bits per heavy atom. The van der Waals surface area contributed by atoms with Crippen molar-refractivity contribution in [3.8, 4) is 0 Å². The molecular weight excluding hydrogens is 254 g/mol. The average molecular weight is 281 g/mol. The zero-order valence-corrected chi connectivity index (χ0v) is 12.9. The molecule has 1 aromatic heterocycles. The molecule has 2 heterocycles. The van der Waals surface area contributed by atoms with E-state index < -0.39 is 0 Å². The van der Waals surface area contributed by atoms with Crippen LogP contribution in [-0.4, -0.2) is 25.9 Å². The first kappa shape index (κ1) is 15.5. The van der Waals surface area contributed by atoms with Crippen LogP contribution in [0.2, 0.25) is 0 Å². The van der Waals surface area contributed by atoms with Crippen LogP contribution in [0.25, 0.3) is 0 Å². The second kappa shape index (κ2) is 7.81. The van der Waals surface area contributed by atoms with E-state index in [0.717, 1.165) is 44.1 Å². The molecule has 1 saturated heterocycles. The van der Waals surface area contributed by atoms with Crippen LogP contribution in [0, 0.1) is 12.8 Å². The Hall–Kier alpha value is -0.840. The van der Waals surface area contributed by atoms with Crippen molar-refractivity contribution in [1.29, 1.82) is 0 Å². The van der Waals surface area contributed by atoms with Gasteiger partial charge in [-0.2, -0.15) is 0 Å². The van der Waals surface area contributed by atoms with Crippen molar-refractivity contribution >= 4 is 0 Å². The molecule has 1 N–H and O–H groups in total. The normalized spacial score (nSPS) is 19.1. The van der Waals surface area contributed by atoms with E-state index in [0.29, 0.717) is 19.1 Å². The first-order valence-corrected chi connectivity index (χ1v) is 7.63. The topological polar surface area (TPSA) is 43.6 Å². The lowest BCUT2D eigenvalue weighted by Crippen LogP contribution is -2.19. The van der Waals surface area contributed by atoms with Gasteiger partial charge in [-0.15, -0.1) is 0 Å². The molecule has 4 heteroatoms. The quantitative estimate of drug-likeness (QED) is 0.795. The molecule has 4 nitrogen and oxygen atoms in total. The maximum atomic E-state index is 5.83. The van der Waals surface area contributed by atoms with Crippen LogP contribution >= 0.6 is 0 Å². The lowest BCUT2D eigenvalue weighted by molar-refractivity contribution is 0.00557. The molecule has 0 saturated carbocycles. The number of furan rings is 1. The molecule has 114 valence electrons. The van der Waals surface area contributed by atoms with Crippen molar-refractivity contribution in [2.45, 2.75) is 52.9 Å². The number of hydrogen-bond donors (Lipinski definition) is 1. The third-order valence-electron chi connectivity index (χ3n) is 3.48. The molecule has 1 fully saturated rings. The van der Waals surface area contributed by atoms with E-state index in [4.69, 9.17) is 13.9 Å². The van der Waals surface area contributed by atoms with Gasteiger partial charge >= 0.3 is 0 Å². The second-order valence-corrected chi connectivity index (χ2v) is 5.99. The fourth-order valence-electron chi connectivity index (χ4n) is 2.38. The minimum atomic E-state index is 0.276. The molecular formula is C16H27NO3. The van der Waals surface area contributed by atoms with Crippen molar-refractivity contribution in [3.63, 3.8) is 0 Å². The molecule has 0 spiro atoms. The van der Waals surface area contributed by atoms with E-state index in [1.807, 2.05) is 0 Å². The van der Waals surface area contributed by atoms with Gasteiger partial charge in [-0.1, -0.05) is 13.8 Å². The van der Waals surface area contributed by atoms with E-state index >= 15 is 0 Å². The van der Waals surface area contributed by atoms with Gasteiger partial charge in [-0.05, 0) is 43.9 Å². The van der Waals surface area contributed by atoms with E-state index in [1.54, 1.807) is 0 Å². The monoisotopic (exact) mass is 281 g/mol. The van der Waals surface area contributed by atoms with E-state index in [2.05, 4.69) is 32.2 Å². The number of aryl methyl sites for hydroxylation is 1. The molecule has 2 rings (SSSR count). The number of ether oxygens (including phenoxy) is 2. The first-order valence-electron chi connectivity index (χ1n) is 7.63.